The second-order valence-corrected chi connectivity index (χ2v) is 35.6. The van der Waals surface area contributed by atoms with E-state index in [1.54, 1.807) is 0 Å². The van der Waals surface area contributed by atoms with Crippen molar-refractivity contribution in [3.8, 4) is 0 Å². The molecule has 17 nitrogen and oxygen atoms in total. The van der Waals surface area contributed by atoms with Crippen LogP contribution in [0.3, 0.4) is 0 Å². The molecule has 3 N–H and O–H groups in total. The second kappa shape index (κ2) is 80.3. The number of carbonyl (C=O) groups excluding carboxylic acids is 4. The number of unbranched alkanes of at least 4 members (excludes halogenated alkanes) is 57. The summed E-state index contributed by atoms with van der Waals surface area (Å²) in [5, 5.41) is 10.7. The van der Waals surface area contributed by atoms with Crippen LogP contribution in [0.4, 0.5) is 0 Å². The van der Waals surface area contributed by atoms with Crippen molar-refractivity contribution in [3.05, 3.63) is 0 Å². The SMILES string of the molecule is CCCCCCCCCCCCCCCCCCCCCCCCC(=O)O[C@H](COC(=O)CCCCCCCCCCCCCCCCC(C)CC)COP(=O)(O)OC[C@@H](O)COP(=O)(O)OC[C@@H](COC(=O)CCCCCCCCCC(C)C)OC(=O)CCCCCCCCCCCCCCCCCCCC. The Hall–Kier alpha value is -1.94. The Labute approximate surface area is 664 Å². The molecule has 0 fully saturated rings. The number of phosphoric ester groups is 2. The molecule has 0 rings (SSSR count). The molecule has 0 saturated carbocycles. The summed E-state index contributed by atoms with van der Waals surface area (Å²) in [6.07, 6.45) is 73.8. The Morgan fingerprint density at radius 2 is 0.472 bits per heavy atom. The minimum atomic E-state index is -4.97. The number of hydrogen-bond donors (Lipinski definition) is 3. The average Bonchev–Trinajstić information content (AvgIpc) is 0.905. The number of hydrogen-bond acceptors (Lipinski definition) is 15. The van der Waals surface area contributed by atoms with Gasteiger partial charge in [0.15, 0.2) is 12.2 Å². The van der Waals surface area contributed by atoms with Gasteiger partial charge in [-0.2, -0.15) is 0 Å². The van der Waals surface area contributed by atoms with Crippen LogP contribution in [0.15, 0.2) is 0 Å². The van der Waals surface area contributed by atoms with Gasteiger partial charge in [0.2, 0.25) is 0 Å². The molecule has 0 aliphatic heterocycles. The fourth-order valence-electron chi connectivity index (χ4n) is 13.9. The van der Waals surface area contributed by atoms with Crippen LogP contribution in [0.5, 0.6) is 0 Å². The second-order valence-electron chi connectivity index (χ2n) is 32.7. The van der Waals surface area contributed by atoms with Gasteiger partial charge in [-0.05, 0) is 37.5 Å². The summed E-state index contributed by atoms with van der Waals surface area (Å²) >= 11 is 0. The van der Waals surface area contributed by atoms with E-state index in [1.165, 1.54) is 289 Å². The third kappa shape index (κ3) is 80.7. The van der Waals surface area contributed by atoms with Crippen molar-refractivity contribution >= 4 is 39.5 Å². The van der Waals surface area contributed by atoms with Gasteiger partial charge in [-0.15, -0.1) is 0 Å². The first-order valence-corrected chi connectivity index (χ1v) is 49.0. The van der Waals surface area contributed by atoms with Crippen LogP contribution in [-0.4, -0.2) is 96.7 Å². The van der Waals surface area contributed by atoms with E-state index in [0.29, 0.717) is 31.6 Å². The molecular formula is C89H174O17P2. The molecule has 0 spiro atoms. The Morgan fingerprint density at radius 3 is 0.704 bits per heavy atom. The summed E-state index contributed by atoms with van der Waals surface area (Å²) in [5.41, 5.74) is 0. The highest BCUT2D eigenvalue weighted by Crippen LogP contribution is 2.45. The van der Waals surface area contributed by atoms with E-state index in [9.17, 15) is 43.2 Å². The molecule has 0 saturated heterocycles. The maximum absolute atomic E-state index is 13.2. The van der Waals surface area contributed by atoms with E-state index in [2.05, 4.69) is 41.5 Å². The first kappa shape index (κ1) is 106. The normalized spacial score (nSPS) is 14.0. The van der Waals surface area contributed by atoms with Gasteiger partial charge in [-0.1, -0.05) is 427 Å². The van der Waals surface area contributed by atoms with Crippen LogP contribution in [0.2, 0.25) is 0 Å². The van der Waals surface area contributed by atoms with Crippen molar-refractivity contribution in [2.45, 2.75) is 496 Å². The molecule has 0 aromatic rings. The molecule has 19 heteroatoms. The summed E-state index contributed by atoms with van der Waals surface area (Å²) in [7, 11) is -9.93. The van der Waals surface area contributed by atoms with Crippen LogP contribution in [0.1, 0.15) is 478 Å². The zero-order valence-corrected chi connectivity index (χ0v) is 73.0. The van der Waals surface area contributed by atoms with E-state index in [-0.39, 0.29) is 25.7 Å². The van der Waals surface area contributed by atoms with E-state index in [4.69, 9.17) is 37.0 Å². The third-order valence-electron chi connectivity index (χ3n) is 21.3. The van der Waals surface area contributed by atoms with Gasteiger partial charge in [0.1, 0.15) is 19.3 Å². The summed E-state index contributed by atoms with van der Waals surface area (Å²) < 4.78 is 69.0. The van der Waals surface area contributed by atoms with Crippen LogP contribution < -0.4 is 0 Å². The fraction of sp³-hybridized carbons (Fsp3) is 0.955. The molecule has 0 aliphatic carbocycles. The van der Waals surface area contributed by atoms with Gasteiger partial charge in [0.25, 0.3) is 0 Å². The average molecular weight is 1580 g/mol. The molecule has 0 amide bonds. The number of aliphatic hydroxyl groups is 1. The predicted molar refractivity (Wildman–Crippen MR) is 446 cm³/mol. The predicted octanol–water partition coefficient (Wildman–Crippen LogP) is 27.4. The number of esters is 4. The molecule has 0 aromatic heterocycles. The number of rotatable bonds is 88. The highest BCUT2D eigenvalue weighted by Gasteiger charge is 2.31. The van der Waals surface area contributed by atoms with E-state index < -0.39 is 97.5 Å². The highest BCUT2D eigenvalue weighted by molar-refractivity contribution is 7.47. The van der Waals surface area contributed by atoms with E-state index >= 15 is 0 Å². The van der Waals surface area contributed by atoms with Crippen molar-refractivity contribution in [1.29, 1.82) is 0 Å². The summed E-state index contributed by atoms with van der Waals surface area (Å²) in [5.74, 6) is -0.545. The maximum Gasteiger partial charge on any atom is 0.472 e. The van der Waals surface area contributed by atoms with E-state index in [0.717, 1.165) is 102 Å². The highest BCUT2D eigenvalue weighted by atomic mass is 31.2. The molecule has 6 atom stereocenters. The number of carbonyl (C=O) groups is 4. The van der Waals surface area contributed by atoms with Gasteiger partial charge in [-0.3, -0.25) is 37.3 Å². The standard InChI is InChI=1S/C89H174O17P2/c1-7-10-12-14-16-18-20-22-24-26-28-29-30-31-33-35-41-45-49-55-62-67-73-88(93)105-84(77-99-86(91)71-65-59-53-47-43-39-37-36-38-42-46-52-58-64-70-82(6)9-3)79-103-107(95,96)101-75-83(90)76-102-108(97,98)104-80-85(78-100-87(92)72-66-60-56-50-51-57-63-69-81(4)5)106-89(94)74-68-61-54-48-44-40-34-32-27-25-23-21-19-17-15-13-11-8-2/h81-85,90H,7-80H2,1-6H3,(H,95,96)(H,97,98)/t82?,83-,84-,85-/m1/s1. The molecular weight excluding hydrogens is 1400 g/mol. The molecule has 108 heavy (non-hydrogen) atoms. The minimum absolute atomic E-state index is 0.108. The lowest BCUT2D eigenvalue weighted by Gasteiger charge is -2.21. The monoisotopic (exact) mass is 1580 g/mol. The van der Waals surface area contributed by atoms with Crippen LogP contribution in [-0.2, 0) is 65.4 Å². The fourth-order valence-corrected chi connectivity index (χ4v) is 15.5. The van der Waals surface area contributed by atoms with E-state index in [1.807, 2.05) is 0 Å². The lowest BCUT2D eigenvalue weighted by atomic mass is 9.99. The van der Waals surface area contributed by atoms with Gasteiger partial charge in [-0.25, -0.2) is 9.13 Å². The van der Waals surface area contributed by atoms with Crippen molar-refractivity contribution in [2.75, 3.05) is 39.6 Å². The Morgan fingerprint density at radius 1 is 0.269 bits per heavy atom. The zero-order valence-electron chi connectivity index (χ0n) is 71.2. The largest absolute Gasteiger partial charge is 0.472 e. The Kier molecular flexibility index (Phi) is 78.8. The lowest BCUT2D eigenvalue weighted by molar-refractivity contribution is -0.161. The van der Waals surface area contributed by atoms with Gasteiger partial charge < -0.3 is 33.8 Å². The number of ether oxygens (including phenoxy) is 4. The molecule has 0 aliphatic rings. The topological polar surface area (TPSA) is 237 Å². The summed E-state index contributed by atoms with van der Waals surface area (Å²) in [6, 6.07) is 0. The van der Waals surface area contributed by atoms with Gasteiger partial charge in [0, 0.05) is 25.7 Å². The van der Waals surface area contributed by atoms with Crippen molar-refractivity contribution in [3.63, 3.8) is 0 Å². The van der Waals surface area contributed by atoms with Gasteiger partial charge in [0.05, 0.1) is 26.4 Å². The van der Waals surface area contributed by atoms with Crippen LogP contribution in [0, 0.1) is 11.8 Å². The summed E-state index contributed by atoms with van der Waals surface area (Å²) in [6.45, 7) is 9.69. The minimum Gasteiger partial charge on any atom is -0.462 e. The Bertz CT molecular complexity index is 2070. The van der Waals surface area contributed by atoms with Crippen molar-refractivity contribution < 1.29 is 80.2 Å². The smallest absolute Gasteiger partial charge is 0.462 e. The first-order chi connectivity index (χ1) is 52.4. The molecule has 3 unspecified atom stereocenters. The third-order valence-corrected chi connectivity index (χ3v) is 23.2. The summed E-state index contributed by atoms with van der Waals surface area (Å²) in [4.78, 5) is 73.3. The van der Waals surface area contributed by atoms with Crippen molar-refractivity contribution in [2.24, 2.45) is 11.8 Å². The molecule has 0 radical (unpaired) electrons. The molecule has 0 aromatic carbocycles. The van der Waals surface area contributed by atoms with Crippen molar-refractivity contribution in [1.82, 2.24) is 0 Å². The van der Waals surface area contributed by atoms with Crippen LogP contribution >= 0.6 is 15.6 Å². The van der Waals surface area contributed by atoms with Crippen LogP contribution in [0.25, 0.3) is 0 Å². The number of phosphoric acid groups is 2. The maximum atomic E-state index is 13.2. The molecule has 642 valence electrons. The Balaban J connectivity index is 5.22. The quantitative estimate of drug-likeness (QED) is 0.0222. The zero-order chi connectivity index (χ0) is 79.2. The van der Waals surface area contributed by atoms with Gasteiger partial charge >= 0.3 is 39.5 Å². The molecule has 0 bridgehead atoms. The first-order valence-electron chi connectivity index (χ1n) is 46.0. The molecule has 0 heterocycles. The number of aliphatic hydroxyl groups excluding tert-OH is 1. The lowest BCUT2D eigenvalue weighted by Crippen LogP contribution is -2.30.